The number of pyridine rings is 1. The molecule has 1 aromatic carbocycles. The average molecular weight is 267 g/mol. The maximum absolute atomic E-state index is 12.0. The van der Waals surface area contributed by atoms with Gasteiger partial charge in [-0.1, -0.05) is 6.07 Å². The number of carbonyl (C=O) groups is 1. The minimum absolute atomic E-state index is 0.229. The summed E-state index contributed by atoms with van der Waals surface area (Å²) in [7, 11) is 0. The molecular weight excluding hydrogens is 259 g/mol. The topological polar surface area (TPSA) is 39.2 Å². The van der Waals surface area contributed by atoms with Gasteiger partial charge in [0, 0.05) is 11.8 Å². The van der Waals surface area contributed by atoms with E-state index in [1.807, 2.05) is 0 Å². The van der Waals surface area contributed by atoms with Gasteiger partial charge >= 0.3 is 6.36 Å². The van der Waals surface area contributed by atoms with Crippen LogP contribution in [-0.4, -0.2) is 17.1 Å². The number of halogens is 3. The van der Waals surface area contributed by atoms with E-state index in [4.69, 9.17) is 0 Å². The molecule has 2 aromatic rings. The van der Waals surface area contributed by atoms with Gasteiger partial charge in [0.15, 0.2) is 0 Å². The Morgan fingerprint density at radius 2 is 1.74 bits per heavy atom. The van der Waals surface area contributed by atoms with E-state index in [1.54, 1.807) is 12.1 Å². The molecule has 3 nitrogen and oxygen atoms in total. The second-order valence-electron chi connectivity index (χ2n) is 3.62. The fourth-order valence-corrected chi connectivity index (χ4v) is 1.45. The monoisotopic (exact) mass is 267 g/mol. The number of benzene rings is 1. The van der Waals surface area contributed by atoms with E-state index in [2.05, 4.69) is 9.72 Å². The summed E-state index contributed by atoms with van der Waals surface area (Å²) in [4.78, 5) is 15.8. The summed E-state index contributed by atoms with van der Waals surface area (Å²) >= 11 is 0. The van der Waals surface area contributed by atoms with E-state index in [-0.39, 0.29) is 22.8 Å². The van der Waals surface area contributed by atoms with Gasteiger partial charge in [-0.3, -0.25) is 9.78 Å². The fourth-order valence-electron chi connectivity index (χ4n) is 1.45. The number of hydrogen-bond donors (Lipinski definition) is 0. The molecule has 0 bridgehead atoms. The van der Waals surface area contributed by atoms with Gasteiger partial charge in [0.05, 0.1) is 0 Å². The van der Waals surface area contributed by atoms with Crippen molar-refractivity contribution in [2.45, 2.75) is 6.36 Å². The third-order valence-electron chi connectivity index (χ3n) is 2.25. The molecule has 0 aliphatic rings. The third-order valence-corrected chi connectivity index (χ3v) is 2.25. The molecule has 1 heterocycles. The van der Waals surface area contributed by atoms with E-state index >= 15 is 0 Å². The van der Waals surface area contributed by atoms with Crippen LogP contribution >= 0.6 is 0 Å². The lowest BCUT2D eigenvalue weighted by Crippen LogP contribution is -2.17. The Kier molecular flexibility index (Phi) is 3.50. The van der Waals surface area contributed by atoms with Gasteiger partial charge in [0.1, 0.15) is 11.4 Å². The van der Waals surface area contributed by atoms with Crippen molar-refractivity contribution in [1.29, 1.82) is 0 Å². The molecule has 6 heteroatoms. The number of rotatable bonds is 3. The lowest BCUT2D eigenvalue weighted by molar-refractivity contribution is -0.274. The van der Waals surface area contributed by atoms with E-state index in [0.717, 1.165) is 12.1 Å². The predicted molar refractivity (Wildman–Crippen MR) is 60.8 cm³/mol. The van der Waals surface area contributed by atoms with E-state index in [9.17, 15) is 18.0 Å². The Labute approximate surface area is 106 Å². The number of carbonyl (C=O) groups excluding carboxylic acids is 1. The molecule has 0 aliphatic carbocycles. The molecule has 0 atom stereocenters. The Balaban J connectivity index is 2.17. The van der Waals surface area contributed by atoms with Crippen molar-refractivity contribution in [2.75, 3.05) is 0 Å². The van der Waals surface area contributed by atoms with Gasteiger partial charge in [-0.25, -0.2) is 0 Å². The summed E-state index contributed by atoms with van der Waals surface area (Å²) in [5.74, 6) is -0.732. The highest BCUT2D eigenvalue weighted by Crippen LogP contribution is 2.23. The molecule has 0 amide bonds. The molecule has 0 N–H and O–H groups in total. The van der Waals surface area contributed by atoms with Crippen LogP contribution in [0.5, 0.6) is 5.75 Å². The molecule has 1 aromatic heterocycles. The van der Waals surface area contributed by atoms with Crippen LogP contribution in [0.3, 0.4) is 0 Å². The maximum atomic E-state index is 12.0. The molecule has 0 radical (unpaired) electrons. The van der Waals surface area contributed by atoms with Crippen molar-refractivity contribution in [3.63, 3.8) is 0 Å². The number of hydrogen-bond acceptors (Lipinski definition) is 3. The van der Waals surface area contributed by atoms with Crippen LogP contribution in [-0.2, 0) is 0 Å². The lowest BCUT2D eigenvalue weighted by atomic mass is 10.1. The Bertz CT molecular complexity index is 565. The van der Waals surface area contributed by atoms with Gasteiger partial charge in [-0.2, -0.15) is 0 Å². The van der Waals surface area contributed by atoms with E-state index in [0.29, 0.717) is 0 Å². The summed E-state index contributed by atoms with van der Waals surface area (Å²) in [6.07, 6.45) is -3.28. The van der Waals surface area contributed by atoms with Crippen LogP contribution < -0.4 is 4.74 Å². The van der Waals surface area contributed by atoms with Crippen LogP contribution in [0.4, 0.5) is 13.2 Å². The molecule has 19 heavy (non-hydrogen) atoms. The predicted octanol–water partition coefficient (Wildman–Crippen LogP) is 3.21. The van der Waals surface area contributed by atoms with Crippen LogP contribution in [0.25, 0.3) is 0 Å². The minimum atomic E-state index is -4.74. The quantitative estimate of drug-likeness (QED) is 0.801. The molecule has 0 fully saturated rings. The van der Waals surface area contributed by atoms with Gasteiger partial charge in [-0.05, 0) is 36.4 Å². The molecule has 0 spiro atoms. The van der Waals surface area contributed by atoms with Crippen LogP contribution in [0, 0.1) is 0 Å². The van der Waals surface area contributed by atoms with Crippen LogP contribution in [0.15, 0.2) is 48.7 Å². The first-order valence-electron chi connectivity index (χ1n) is 5.27. The second-order valence-corrected chi connectivity index (χ2v) is 3.62. The molecule has 0 saturated carbocycles. The van der Waals surface area contributed by atoms with Gasteiger partial charge in [0.25, 0.3) is 0 Å². The molecule has 0 unspecified atom stereocenters. The van der Waals surface area contributed by atoms with Crippen molar-refractivity contribution in [1.82, 2.24) is 4.98 Å². The average Bonchev–Trinajstić information content (AvgIpc) is 2.38. The number of aromatic nitrogens is 1. The fraction of sp³-hybridized carbons (Fsp3) is 0.0769. The smallest absolute Gasteiger partial charge is 0.406 e. The normalized spacial score (nSPS) is 11.1. The zero-order valence-corrected chi connectivity index (χ0v) is 9.52. The van der Waals surface area contributed by atoms with Crippen molar-refractivity contribution in [2.24, 2.45) is 0 Å². The number of alkyl halides is 3. The Hall–Kier alpha value is -2.37. The zero-order chi connectivity index (χ0) is 13.9. The first-order chi connectivity index (χ1) is 8.96. The van der Waals surface area contributed by atoms with Gasteiger partial charge in [-0.15, -0.1) is 13.2 Å². The highest BCUT2D eigenvalue weighted by atomic mass is 19.4. The first kappa shape index (κ1) is 13.1. The lowest BCUT2D eigenvalue weighted by Gasteiger charge is -2.08. The summed E-state index contributed by atoms with van der Waals surface area (Å²) in [5.41, 5.74) is 0.472. The SMILES string of the molecule is O=C(c1ccc(OC(F)(F)F)cc1)c1ccccn1. The van der Waals surface area contributed by atoms with Crippen molar-refractivity contribution < 1.29 is 22.7 Å². The molecule has 0 saturated heterocycles. The van der Waals surface area contributed by atoms with Gasteiger partial charge in [0.2, 0.25) is 5.78 Å². The number of ketones is 1. The summed E-state index contributed by atoms with van der Waals surface area (Å²) < 4.78 is 39.6. The number of nitrogens with zero attached hydrogens (tertiary/aromatic N) is 1. The first-order valence-corrected chi connectivity index (χ1v) is 5.27. The highest BCUT2D eigenvalue weighted by molar-refractivity contribution is 6.07. The largest absolute Gasteiger partial charge is 0.573 e. The van der Waals surface area contributed by atoms with Crippen molar-refractivity contribution >= 4 is 5.78 Å². The molecule has 98 valence electrons. The molecule has 2 rings (SSSR count). The number of ether oxygens (including phenoxy) is 1. The zero-order valence-electron chi connectivity index (χ0n) is 9.52. The minimum Gasteiger partial charge on any atom is -0.406 e. The summed E-state index contributed by atoms with van der Waals surface area (Å²) in [6, 6.07) is 9.55. The van der Waals surface area contributed by atoms with E-state index in [1.165, 1.54) is 24.4 Å². The van der Waals surface area contributed by atoms with Crippen molar-refractivity contribution in [3.05, 3.63) is 59.9 Å². The molecular formula is C13H8F3NO2. The van der Waals surface area contributed by atoms with Crippen molar-refractivity contribution in [3.8, 4) is 5.75 Å². The standard InChI is InChI=1S/C13H8F3NO2/c14-13(15,16)19-10-6-4-9(5-7-10)12(18)11-3-1-2-8-17-11/h1-8H. The highest BCUT2D eigenvalue weighted by Gasteiger charge is 2.31. The Morgan fingerprint density at radius 3 is 2.26 bits per heavy atom. The van der Waals surface area contributed by atoms with Crippen LogP contribution in [0.1, 0.15) is 16.1 Å². The summed E-state index contributed by atoms with van der Waals surface area (Å²) in [6.45, 7) is 0. The van der Waals surface area contributed by atoms with E-state index < -0.39 is 6.36 Å². The van der Waals surface area contributed by atoms with Gasteiger partial charge < -0.3 is 4.74 Å². The Morgan fingerprint density at radius 1 is 1.05 bits per heavy atom. The third kappa shape index (κ3) is 3.54. The molecule has 0 aliphatic heterocycles. The van der Waals surface area contributed by atoms with Crippen LogP contribution in [0.2, 0.25) is 0 Å². The second kappa shape index (κ2) is 5.09. The summed E-state index contributed by atoms with van der Waals surface area (Å²) in [5, 5.41) is 0. The maximum Gasteiger partial charge on any atom is 0.573 e.